The number of sulfonamides is 1. The molecule has 1 aliphatic heterocycles. The van der Waals surface area contributed by atoms with Gasteiger partial charge in [-0.2, -0.15) is 0 Å². The van der Waals surface area contributed by atoms with Crippen LogP contribution in [-0.4, -0.2) is 45.5 Å². The first kappa shape index (κ1) is 21.1. The van der Waals surface area contributed by atoms with Crippen molar-refractivity contribution in [3.05, 3.63) is 65.7 Å². The van der Waals surface area contributed by atoms with E-state index in [1.165, 1.54) is 24.8 Å². The highest BCUT2D eigenvalue weighted by molar-refractivity contribution is 7.89. The van der Waals surface area contributed by atoms with Gasteiger partial charge in [0.1, 0.15) is 5.75 Å². The lowest BCUT2D eigenvalue weighted by molar-refractivity contribution is -0.126. The Bertz CT molecular complexity index is 959. The molecule has 2 aromatic carbocycles. The van der Waals surface area contributed by atoms with Crippen LogP contribution in [0, 0.1) is 6.92 Å². The number of carbonyl (C=O) groups is 1. The number of aryl methyl sites for hydroxylation is 1. The number of carbonyl (C=O) groups excluding carboxylic acids is 1. The zero-order valence-electron chi connectivity index (χ0n) is 16.7. The molecule has 154 valence electrons. The van der Waals surface area contributed by atoms with Crippen LogP contribution < -0.4 is 9.46 Å². The van der Waals surface area contributed by atoms with Gasteiger partial charge in [-0.15, -0.1) is 0 Å². The van der Waals surface area contributed by atoms with Gasteiger partial charge in [-0.3, -0.25) is 4.79 Å². The molecule has 1 heterocycles. The molecule has 0 bridgehead atoms. The first-order chi connectivity index (χ1) is 13.9. The molecule has 0 radical (unpaired) electrons. The first-order valence-electron chi connectivity index (χ1n) is 9.57. The molecule has 1 aliphatic rings. The molecule has 0 aliphatic carbocycles. The van der Waals surface area contributed by atoms with Crippen LogP contribution in [0.2, 0.25) is 0 Å². The lowest BCUT2D eigenvalue weighted by Crippen LogP contribution is -2.46. The van der Waals surface area contributed by atoms with Gasteiger partial charge in [-0.25, -0.2) is 13.1 Å². The summed E-state index contributed by atoms with van der Waals surface area (Å²) < 4.78 is 32.9. The fraction of sp³-hybridized carbons (Fsp3) is 0.318. The molecule has 1 fully saturated rings. The van der Waals surface area contributed by atoms with E-state index in [1.807, 2.05) is 31.2 Å². The number of hydrogen-bond donors (Lipinski definition) is 1. The molecule has 1 saturated heterocycles. The van der Waals surface area contributed by atoms with Gasteiger partial charge in [0.2, 0.25) is 15.9 Å². The van der Waals surface area contributed by atoms with Gasteiger partial charge in [0.15, 0.2) is 0 Å². The van der Waals surface area contributed by atoms with Gasteiger partial charge in [0, 0.05) is 25.2 Å². The van der Waals surface area contributed by atoms with E-state index in [9.17, 15) is 13.2 Å². The van der Waals surface area contributed by atoms with E-state index in [0.717, 1.165) is 5.56 Å². The van der Waals surface area contributed by atoms with Gasteiger partial charge >= 0.3 is 0 Å². The minimum Gasteiger partial charge on any atom is -0.497 e. The highest BCUT2D eigenvalue weighted by Gasteiger charge is 2.26. The van der Waals surface area contributed by atoms with E-state index in [4.69, 9.17) is 4.74 Å². The van der Waals surface area contributed by atoms with Crippen molar-refractivity contribution in [1.29, 1.82) is 0 Å². The van der Waals surface area contributed by atoms with Crippen molar-refractivity contribution in [2.45, 2.75) is 30.7 Å². The molecular formula is C22H26N2O4S. The average molecular weight is 415 g/mol. The average Bonchev–Trinajstić information content (AvgIpc) is 2.73. The number of rotatable bonds is 6. The summed E-state index contributed by atoms with van der Waals surface area (Å²) in [7, 11) is -2.06. The van der Waals surface area contributed by atoms with E-state index >= 15 is 0 Å². The minimum atomic E-state index is -3.60. The maximum atomic E-state index is 12.6. The van der Waals surface area contributed by atoms with Crippen LogP contribution in [0.25, 0.3) is 6.08 Å². The Morgan fingerprint density at radius 1 is 1.07 bits per heavy atom. The normalized spacial score (nSPS) is 15.6. The van der Waals surface area contributed by atoms with Gasteiger partial charge in [-0.1, -0.05) is 29.8 Å². The fourth-order valence-electron chi connectivity index (χ4n) is 3.21. The van der Waals surface area contributed by atoms with Crippen molar-refractivity contribution in [3.63, 3.8) is 0 Å². The summed E-state index contributed by atoms with van der Waals surface area (Å²) in [5.41, 5.74) is 2.15. The number of hydrogen-bond acceptors (Lipinski definition) is 4. The molecule has 0 spiro atoms. The molecule has 3 rings (SSSR count). The third-order valence-corrected chi connectivity index (χ3v) is 6.53. The number of nitrogens with one attached hydrogen (secondary N) is 1. The summed E-state index contributed by atoms with van der Waals surface area (Å²) in [4.78, 5) is 14.4. The van der Waals surface area contributed by atoms with Crippen LogP contribution in [0.3, 0.4) is 0 Å². The molecule has 0 atom stereocenters. The van der Waals surface area contributed by atoms with Crippen LogP contribution in [0.15, 0.2) is 59.5 Å². The Hall–Kier alpha value is -2.64. The topological polar surface area (TPSA) is 75.7 Å². The monoisotopic (exact) mass is 414 g/mol. The third kappa shape index (κ3) is 5.68. The number of amides is 1. The Balaban J connectivity index is 1.52. The summed E-state index contributed by atoms with van der Waals surface area (Å²) in [6.07, 6.45) is 4.55. The van der Waals surface area contributed by atoms with Gasteiger partial charge in [0.05, 0.1) is 12.0 Å². The first-order valence-corrected chi connectivity index (χ1v) is 11.1. The van der Waals surface area contributed by atoms with E-state index in [-0.39, 0.29) is 16.8 Å². The van der Waals surface area contributed by atoms with Crippen molar-refractivity contribution in [2.24, 2.45) is 0 Å². The summed E-state index contributed by atoms with van der Waals surface area (Å²) in [5.74, 6) is 0.552. The van der Waals surface area contributed by atoms with E-state index < -0.39 is 10.0 Å². The van der Waals surface area contributed by atoms with E-state index in [0.29, 0.717) is 31.7 Å². The number of methoxy groups -OCH3 is 1. The van der Waals surface area contributed by atoms with Crippen molar-refractivity contribution in [3.8, 4) is 5.75 Å². The second-order valence-corrected chi connectivity index (χ2v) is 8.85. The number of ether oxygens (including phenoxy) is 1. The number of likely N-dealkylation sites (tertiary alicyclic amines) is 1. The van der Waals surface area contributed by atoms with Gasteiger partial charge in [-0.05, 0) is 55.7 Å². The number of piperidine rings is 1. The molecule has 6 nitrogen and oxygen atoms in total. The zero-order chi connectivity index (χ0) is 20.9. The van der Waals surface area contributed by atoms with Crippen LogP contribution in [-0.2, 0) is 14.8 Å². The predicted molar refractivity (Wildman–Crippen MR) is 113 cm³/mol. The third-order valence-electron chi connectivity index (χ3n) is 4.99. The van der Waals surface area contributed by atoms with Crippen molar-refractivity contribution in [2.75, 3.05) is 20.2 Å². The summed E-state index contributed by atoms with van der Waals surface area (Å²) in [6, 6.07) is 14.1. The lowest BCUT2D eigenvalue weighted by Gasteiger charge is -2.31. The van der Waals surface area contributed by atoms with Crippen LogP contribution in [0.5, 0.6) is 5.75 Å². The summed E-state index contributed by atoms with van der Waals surface area (Å²) >= 11 is 0. The highest BCUT2D eigenvalue weighted by atomic mass is 32.2. The largest absolute Gasteiger partial charge is 0.497 e. The standard InChI is InChI=1S/C22H26N2O4S/c1-17-3-5-18(6-4-17)7-12-22(25)24-15-13-19(14-16-24)23-29(26,27)21-10-8-20(28-2)9-11-21/h3-12,19,23H,13-16H2,1-2H3/b12-7+. The quantitative estimate of drug-likeness (QED) is 0.738. The Kier molecular flexibility index (Phi) is 6.71. The lowest BCUT2D eigenvalue weighted by atomic mass is 10.1. The molecule has 2 aromatic rings. The van der Waals surface area contributed by atoms with Crippen LogP contribution >= 0.6 is 0 Å². The van der Waals surface area contributed by atoms with Gasteiger partial charge < -0.3 is 9.64 Å². The Labute approximate surface area is 172 Å². The second-order valence-electron chi connectivity index (χ2n) is 7.14. The maximum absolute atomic E-state index is 12.6. The van der Waals surface area contributed by atoms with E-state index in [1.54, 1.807) is 29.2 Å². The minimum absolute atomic E-state index is 0.0537. The SMILES string of the molecule is COc1ccc(S(=O)(=O)NC2CCN(C(=O)/C=C/c3ccc(C)cc3)CC2)cc1. The molecule has 0 saturated carbocycles. The molecule has 0 aromatic heterocycles. The van der Waals surface area contributed by atoms with E-state index in [2.05, 4.69) is 4.72 Å². The Morgan fingerprint density at radius 2 is 1.69 bits per heavy atom. The summed E-state index contributed by atoms with van der Waals surface area (Å²) in [6.45, 7) is 3.06. The molecule has 1 amide bonds. The maximum Gasteiger partial charge on any atom is 0.246 e. The van der Waals surface area contributed by atoms with Crippen LogP contribution in [0.4, 0.5) is 0 Å². The molecule has 29 heavy (non-hydrogen) atoms. The molecule has 0 unspecified atom stereocenters. The van der Waals surface area contributed by atoms with Crippen molar-refractivity contribution >= 4 is 22.0 Å². The second kappa shape index (κ2) is 9.24. The smallest absolute Gasteiger partial charge is 0.246 e. The number of benzene rings is 2. The van der Waals surface area contributed by atoms with Crippen molar-refractivity contribution < 1.29 is 17.9 Å². The molecule has 7 heteroatoms. The molecule has 1 N–H and O–H groups in total. The van der Waals surface area contributed by atoms with Crippen LogP contribution in [0.1, 0.15) is 24.0 Å². The van der Waals surface area contributed by atoms with Gasteiger partial charge in [0.25, 0.3) is 0 Å². The summed E-state index contributed by atoms with van der Waals surface area (Å²) in [5, 5.41) is 0. The Morgan fingerprint density at radius 3 is 2.28 bits per heavy atom. The zero-order valence-corrected chi connectivity index (χ0v) is 17.5. The number of nitrogens with zero attached hydrogens (tertiary/aromatic N) is 1. The molecular weight excluding hydrogens is 388 g/mol. The van der Waals surface area contributed by atoms with Crippen molar-refractivity contribution in [1.82, 2.24) is 9.62 Å². The highest BCUT2D eigenvalue weighted by Crippen LogP contribution is 2.18. The predicted octanol–water partition coefficient (Wildman–Crippen LogP) is 2.99. The fourth-order valence-corrected chi connectivity index (χ4v) is 4.52.